The second-order valence-corrected chi connectivity index (χ2v) is 6.53. The van der Waals surface area contributed by atoms with E-state index in [9.17, 15) is 0 Å². The molecule has 1 aliphatic rings. The molecule has 2 aromatic heterocycles. The van der Waals surface area contributed by atoms with Gasteiger partial charge < -0.3 is 9.88 Å². The molecule has 0 spiro atoms. The van der Waals surface area contributed by atoms with Crippen molar-refractivity contribution < 1.29 is 0 Å². The number of aryl methyl sites for hydroxylation is 4. The van der Waals surface area contributed by atoms with Crippen LogP contribution in [0.15, 0.2) is 17.9 Å². The summed E-state index contributed by atoms with van der Waals surface area (Å²) in [5, 5.41) is 3.61. The highest BCUT2D eigenvalue weighted by molar-refractivity contribution is 7.09. The molecule has 1 aliphatic carbocycles. The molecule has 3 nitrogen and oxygen atoms in total. The molecule has 0 bridgehead atoms. The molecule has 0 radical (unpaired) electrons. The first-order chi connectivity index (χ1) is 9.78. The summed E-state index contributed by atoms with van der Waals surface area (Å²) < 4.78 is 2.37. The van der Waals surface area contributed by atoms with Gasteiger partial charge in [0.25, 0.3) is 0 Å². The summed E-state index contributed by atoms with van der Waals surface area (Å²) >= 11 is 1.78. The Balaban J connectivity index is 1.71. The predicted molar refractivity (Wildman–Crippen MR) is 84.3 cm³/mol. The van der Waals surface area contributed by atoms with E-state index in [1.165, 1.54) is 35.4 Å². The zero-order valence-electron chi connectivity index (χ0n) is 12.4. The van der Waals surface area contributed by atoms with Gasteiger partial charge in [0.2, 0.25) is 0 Å². The molecule has 108 valence electrons. The number of thiazole rings is 1. The molecule has 1 N–H and O–H groups in total. The van der Waals surface area contributed by atoms with Crippen LogP contribution >= 0.6 is 11.3 Å². The molecule has 0 aliphatic heterocycles. The minimum absolute atomic E-state index is 0.565. The highest BCUT2D eigenvalue weighted by atomic mass is 32.1. The lowest BCUT2D eigenvalue weighted by Gasteiger charge is -2.22. The quantitative estimate of drug-likeness (QED) is 0.913. The maximum Gasteiger partial charge on any atom is 0.0797 e. The summed E-state index contributed by atoms with van der Waals surface area (Å²) in [5.41, 5.74) is 6.21. The van der Waals surface area contributed by atoms with Crippen molar-refractivity contribution in [2.75, 3.05) is 6.54 Å². The zero-order chi connectivity index (χ0) is 13.9. The van der Waals surface area contributed by atoms with Gasteiger partial charge in [0.15, 0.2) is 0 Å². The molecule has 0 saturated heterocycles. The Kier molecular flexibility index (Phi) is 4.22. The fraction of sp³-hybridized carbons (Fsp3) is 0.562. The second-order valence-electron chi connectivity index (χ2n) is 5.59. The van der Waals surface area contributed by atoms with Gasteiger partial charge >= 0.3 is 0 Å². The number of nitrogens with zero attached hydrogens (tertiary/aromatic N) is 2. The summed E-state index contributed by atoms with van der Waals surface area (Å²) in [6.45, 7) is 6.41. The number of fused-ring (bicyclic) bond motifs is 1. The zero-order valence-corrected chi connectivity index (χ0v) is 13.2. The van der Waals surface area contributed by atoms with Crippen molar-refractivity contribution in [2.45, 2.75) is 52.1 Å². The van der Waals surface area contributed by atoms with Crippen LogP contribution in [-0.2, 0) is 19.4 Å². The van der Waals surface area contributed by atoms with Crippen LogP contribution in [0.3, 0.4) is 0 Å². The van der Waals surface area contributed by atoms with Gasteiger partial charge in [-0.05, 0) is 43.9 Å². The molecule has 1 atom stereocenters. The van der Waals surface area contributed by atoms with E-state index in [0.29, 0.717) is 6.04 Å². The topological polar surface area (TPSA) is 29.9 Å². The van der Waals surface area contributed by atoms with Crippen molar-refractivity contribution in [3.8, 4) is 0 Å². The molecule has 1 unspecified atom stereocenters. The Morgan fingerprint density at radius 1 is 1.45 bits per heavy atom. The molecule has 0 fully saturated rings. The van der Waals surface area contributed by atoms with Crippen LogP contribution in [0, 0.1) is 6.92 Å². The summed E-state index contributed by atoms with van der Waals surface area (Å²) in [6.07, 6.45) is 9.63. The molecule has 0 amide bonds. The van der Waals surface area contributed by atoms with Gasteiger partial charge in [-0.1, -0.05) is 6.92 Å². The van der Waals surface area contributed by atoms with Crippen LogP contribution in [0.4, 0.5) is 0 Å². The Bertz CT molecular complexity index is 570. The summed E-state index contributed by atoms with van der Waals surface area (Å²) in [7, 11) is 0. The largest absolute Gasteiger partial charge is 0.353 e. The van der Waals surface area contributed by atoms with E-state index in [-0.39, 0.29) is 0 Å². The van der Waals surface area contributed by atoms with Crippen LogP contribution in [0.5, 0.6) is 0 Å². The molecular formula is C16H23N3S. The molecule has 2 aromatic rings. The van der Waals surface area contributed by atoms with Crippen molar-refractivity contribution >= 4 is 11.3 Å². The first kappa shape index (κ1) is 13.8. The third-order valence-corrected chi connectivity index (χ3v) is 5.20. The fourth-order valence-electron chi connectivity index (χ4n) is 3.13. The van der Waals surface area contributed by atoms with Gasteiger partial charge in [-0.15, -0.1) is 11.3 Å². The minimum atomic E-state index is 0.565. The van der Waals surface area contributed by atoms with Crippen molar-refractivity contribution in [3.63, 3.8) is 0 Å². The number of hydrogen-bond acceptors (Lipinski definition) is 3. The van der Waals surface area contributed by atoms with Gasteiger partial charge in [-0.3, -0.25) is 0 Å². The lowest BCUT2D eigenvalue weighted by Crippen LogP contribution is -2.23. The van der Waals surface area contributed by atoms with E-state index in [1.54, 1.807) is 16.9 Å². The molecule has 3 rings (SSSR count). The van der Waals surface area contributed by atoms with Gasteiger partial charge in [0.1, 0.15) is 0 Å². The standard InChI is InChI=1S/C16H23N3S/c1-3-17-15-6-4-5-13-9-19(10-14(13)15)8-7-16-12(2)18-11-20-16/h9-11,15,17H,3-8H2,1-2H3. The van der Waals surface area contributed by atoms with Crippen molar-refractivity contribution in [3.05, 3.63) is 39.6 Å². The van der Waals surface area contributed by atoms with Gasteiger partial charge in [-0.2, -0.15) is 0 Å². The van der Waals surface area contributed by atoms with E-state index in [0.717, 1.165) is 19.5 Å². The number of aromatic nitrogens is 2. The smallest absolute Gasteiger partial charge is 0.0797 e. The van der Waals surface area contributed by atoms with Crippen molar-refractivity contribution in [1.82, 2.24) is 14.9 Å². The lowest BCUT2D eigenvalue weighted by molar-refractivity contribution is 0.473. The third kappa shape index (κ3) is 2.81. The van der Waals surface area contributed by atoms with E-state index in [1.807, 2.05) is 5.51 Å². The normalized spacial score (nSPS) is 18.2. The number of nitrogens with one attached hydrogen (secondary N) is 1. The summed E-state index contributed by atoms with van der Waals surface area (Å²) in [6, 6.07) is 0.565. The number of rotatable bonds is 5. The van der Waals surface area contributed by atoms with Gasteiger partial charge in [0.05, 0.1) is 11.2 Å². The highest BCUT2D eigenvalue weighted by Crippen LogP contribution is 2.30. The minimum Gasteiger partial charge on any atom is -0.353 e. The Labute approximate surface area is 125 Å². The maximum atomic E-state index is 4.33. The highest BCUT2D eigenvalue weighted by Gasteiger charge is 2.21. The van der Waals surface area contributed by atoms with Crippen molar-refractivity contribution in [2.24, 2.45) is 0 Å². The van der Waals surface area contributed by atoms with Crippen LogP contribution in [-0.4, -0.2) is 16.1 Å². The van der Waals surface area contributed by atoms with E-state index in [4.69, 9.17) is 0 Å². The first-order valence-electron chi connectivity index (χ1n) is 7.58. The predicted octanol–water partition coefficient (Wildman–Crippen LogP) is 3.48. The van der Waals surface area contributed by atoms with E-state index >= 15 is 0 Å². The number of hydrogen-bond donors (Lipinski definition) is 1. The van der Waals surface area contributed by atoms with Gasteiger partial charge in [-0.25, -0.2) is 4.98 Å². The molecular weight excluding hydrogens is 266 g/mol. The Morgan fingerprint density at radius 3 is 3.10 bits per heavy atom. The molecule has 0 saturated carbocycles. The summed E-state index contributed by atoms with van der Waals surface area (Å²) in [4.78, 5) is 5.75. The molecule has 2 heterocycles. The third-order valence-electron chi connectivity index (χ3n) is 4.20. The van der Waals surface area contributed by atoms with E-state index < -0.39 is 0 Å². The molecule has 4 heteroatoms. The second kappa shape index (κ2) is 6.10. The monoisotopic (exact) mass is 289 g/mol. The molecule has 0 aromatic carbocycles. The van der Waals surface area contributed by atoms with E-state index in [2.05, 4.69) is 41.1 Å². The van der Waals surface area contributed by atoms with Gasteiger partial charge in [0, 0.05) is 36.3 Å². The fourth-order valence-corrected chi connectivity index (χ4v) is 3.90. The lowest BCUT2D eigenvalue weighted by atomic mass is 9.91. The Morgan fingerprint density at radius 2 is 2.35 bits per heavy atom. The Hall–Kier alpha value is -1.13. The SMILES string of the molecule is CCNC1CCCc2cn(CCc3scnc3C)cc21. The van der Waals surface area contributed by atoms with Crippen LogP contribution < -0.4 is 5.32 Å². The molecule has 20 heavy (non-hydrogen) atoms. The maximum absolute atomic E-state index is 4.33. The average Bonchev–Trinajstić information content (AvgIpc) is 3.03. The van der Waals surface area contributed by atoms with Crippen molar-refractivity contribution in [1.29, 1.82) is 0 Å². The average molecular weight is 289 g/mol. The van der Waals surface area contributed by atoms with Crippen LogP contribution in [0.25, 0.3) is 0 Å². The van der Waals surface area contributed by atoms with Crippen LogP contribution in [0.2, 0.25) is 0 Å². The summed E-state index contributed by atoms with van der Waals surface area (Å²) in [5.74, 6) is 0. The first-order valence-corrected chi connectivity index (χ1v) is 8.46. The van der Waals surface area contributed by atoms with Crippen LogP contribution in [0.1, 0.15) is 47.5 Å².